The molecular weight excluding hydrogens is 532 g/mol. The third-order valence-electron chi connectivity index (χ3n) is 4.70. The Hall–Kier alpha value is -4.08. The average Bonchev–Trinajstić information content (AvgIpc) is 3.19. The lowest BCUT2D eigenvalue weighted by Gasteiger charge is -2.13. The van der Waals surface area contributed by atoms with Crippen molar-refractivity contribution in [3.05, 3.63) is 54.7 Å². The zero-order valence-electron chi connectivity index (χ0n) is 18.5. The van der Waals surface area contributed by atoms with Gasteiger partial charge in [0.2, 0.25) is 5.88 Å². The van der Waals surface area contributed by atoms with E-state index < -0.39 is 34.2 Å². The highest BCUT2D eigenvalue weighted by molar-refractivity contribution is 7.91. The molecule has 9 nitrogen and oxygen atoms in total. The fraction of sp³-hybridized carbons (Fsp3) is 0.190. The lowest BCUT2D eigenvalue weighted by Crippen LogP contribution is -2.17. The van der Waals surface area contributed by atoms with Crippen LogP contribution in [-0.4, -0.2) is 46.5 Å². The predicted octanol–water partition coefficient (Wildman–Crippen LogP) is 5.13. The molecule has 1 aromatic carbocycles. The first kappa shape index (κ1) is 26.0. The summed E-state index contributed by atoms with van der Waals surface area (Å²) in [5.41, 5.74) is 0.144. The molecule has 16 heteroatoms. The Morgan fingerprint density at radius 2 is 1.59 bits per heavy atom. The molecule has 0 spiro atoms. The summed E-state index contributed by atoms with van der Waals surface area (Å²) in [5, 5.41) is 6.44. The number of pyridine rings is 1. The molecule has 0 radical (unpaired) electrons. The van der Waals surface area contributed by atoms with Crippen molar-refractivity contribution in [3.8, 4) is 23.0 Å². The number of hydrogen-bond donors (Lipinski definition) is 1. The summed E-state index contributed by atoms with van der Waals surface area (Å²) in [4.78, 5) is 8.29. The molecule has 0 atom stereocenters. The number of fused-ring (bicyclic) bond motifs is 1. The van der Waals surface area contributed by atoms with Gasteiger partial charge in [-0.25, -0.2) is 22.9 Å². The van der Waals surface area contributed by atoms with Gasteiger partial charge in [-0.1, -0.05) is 6.92 Å². The molecule has 0 saturated heterocycles. The van der Waals surface area contributed by atoms with Gasteiger partial charge in [0, 0.05) is 18.0 Å². The minimum atomic E-state index is -4.97. The average molecular weight is 547 g/mol. The first-order chi connectivity index (χ1) is 17.2. The van der Waals surface area contributed by atoms with Crippen LogP contribution in [-0.2, 0) is 9.84 Å². The van der Waals surface area contributed by atoms with Gasteiger partial charge in [-0.05, 0) is 42.5 Å². The largest absolute Gasteiger partial charge is 0.574 e. The number of nitrogens with one attached hydrogen (secondary N) is 1. The summed E-state index contributed by atoms with van der Waals surface area (Å²) in [6, 6.07) is 9.56. The van der Waals surface area contributed by atoms with E-state index in [4.69, 9.17) is 0 Å². The summed E-state index contributed by atoms with van der Waals surface area (Å²) in [6.45, 7) is 1.42. The quantitative estimate of drug-likeness (QED) is 0.318. The molecule has 37 heavy (non-hydrogen) atoms. The highest BCUT2D eigenvalue weighted by Gasteiger charge is 2.33. The summed E-state index contributed by atoms with van der Waals surface area (Å²) in [7, 11) is -3.81. The topological polar surface area (TPSA) is 108 Å². The standard InChI is InChI=1S/C21H15F6N5O4S/c1-2-37(33,34)15-7-8-16(28-12-3-5-13(6-4-12)35-20(22,23)24)30-19(15)14-9-10-32-17(29-14)11-18(31-32)36-21(25,26)27/h3-11H,2H2,1H3,(H,28,30). The molecule has 0 fully saturated rings. The van der Waals surface area contributed by atoms with E-state index in [1.165, 1.54) is 43.5 Å². The van der Waals surface area contributed by atoms with Crippen molar-refractivity contribution in [2.45, 2.75) is 24.5 Å². The predicted molar refractivity (Wildman–Crippen MR) is 117 cm³/mol. The fourth-order valence-electron chi connectivity index (χ4n) is 3.15. The van der Waals surface area contributed by atoms with Crippen LogP contribution in [0.3, 0.4) is 0 Å². The van der Waals surface area contributed by atoms with Crippen molar-refractivity contribution in [1.29, 1.82) is 0 Å². The number of aromatic nitrogens is 4. The van der Waals surface area contributed by atoms with E-state index in [1.807, 2.05) is 0 Å². The van der Waals surface area contributed by atoms with E-state index in [1.54, 1.807) is 0 Å². The van der Waals surface area contributed by atoms with Crippen LogP contribution >= 0.6 is 0 Å². The molecule has 0 aliphatic rings. The molecule has 0 saturated carbocycles. The van der Waals surface area contributed by atoms with Gasteiger partial charge in [0.05, 0.1) is 16.3 Å². The van der Waals surface area contributed by atoms with E-state index >= 15 is 0 Å². The number of sulfone groups is 1. The summed E-state index contributed by atoms with van der Waals surface area (Å²) >= 11 is 0. The van der Waals surface area contributed by atoms with E-state index in [0.29, 0.717) is 5.69 Å². The van der Waals surface area contributed by atoms with Crippen molar-refractivity contribution < 1.29 is 44.2 Å². The highest BCUT2D eigenvalue weighted by atomic mass is 32.2. The van der Waals surface area contributed by atoms with Crippen LogP contribution in [0.25, 0.3) is 17.0 Å². The molecule has 3 heterocycles. The molecule has 0 bridgehead atoms. The molecule has 1 N–H and O–H groups in total. The van der Waals surface area contributed by atoms with Crippen LogP contribution in [0.2, 0.25) is 0 Å². The Morgan fingerprint density at radius 1 is 0.919 bits per heavy atom. The smallest absolute Gasteiger partial charge is 0.406 e. The van der Waals surface area contributed by atoms with Crippen molar-refractivity contribution >= 4 is 27.0 Å². The highest BCUT2D eigenvalue weighted by Crippen LogP contribution is 2.30. The second-order valence-corrected chi connectivity index (χ2v) is 9.54. The van der Waals surface area contributed by atoms with Gasteiger partial charge in [-0.2, -0.15) is 0 Å². The molecular formula is C21H15F6N5O4S. The first-order valence-corrected chi connectivity index (χ1v) is 11.9. The summed E-state index contributed by atoms with van der Waals surface area (Å²) in [6.07, 6.45) is -8.57. The number of ether oxygens (including phenoxy) is 2. The number of benzene rings is 1. The number of anilines is 2. The van der Waals surface area contributed by atoms with Gasteiger partial charge >= 0.3 is 12.7 Å². The molecule has 4 aromatic rings. The Balaban J connectivity index is 1.71. The van der Waals surface area contributed by atoms with Crippen LogP contribution in [0, 0.1) is 0 Å². The molecule has 3 aromatic heterocycles. The summed E-state index contributed by atoms with van der Waals surface area (Å²) in [5.74, 6) is -1.36. The zero-order chi connectivity index (χ0) is 27.0. The van der Waals surface area contributed by atoms with Crippen LogP contribution in [0.5, 0.6) is 11.6 Å². The van der Waals surface area contributed by atoms with Gasteiger partial charge in [0.1, 0.15) is 17.3 Å². The Kier molecular flexibility index (Phi) is 6.62. The number of halogens is 6. The van der Waals surface area contributed by atoms with E-state index in [2.05, 4.69) is 29.9 Å². The Morgan fingerprint density at radius 3 is 2.22 bits per heavy atom. The molecule has 4 rings (SSSR count). The number of rotatable bonds is 7. The fourth-order valence-corrected chi connectivity index (χ4v) is 4.18. The number of nitrogens with zero attached hydrogens (tertiary/aromatic N) is 4. The second-order valence-electron chi connectivity index (χ2n) is 7.29. The molecule has 0 amide bonds. The van der Waals surface area contributed by atoms with Crippen LogP contribution in [0.15, 0.2) is 59.6 Å². The lowest BCUT2D eigenvalue weighted by atomic mass is 10.2. The van der Waals surface area contributed by atoms with Crippen molar-refractivity contribution in [3.63, 3.8) is 0 Å². The maximum Gasteiger partial charge on any atom is 0.574 e. The maximum absolute atomic E-state index is 12.7. The van der Waals surface area contributed by atoms with E-state index in [0.717, 1.165) is 22.7 Å². The third kappa shape index (κ3) is 6.38. The van der Waals surface area contributed by atoms with E-state index in [-0.39, 0.29) is 33.5 Å². The molecule has 0 aliphatic carbocycles. The first-order valence-electron chi connectivity index (χ1n) is 10.2. The SMILES string of the molecule is CCS(=O)(=O)c1ccc(Nc2ccc(OC(F)(F)F)cc2)nc1-c1ccn2nc(OC(F)(F)F)cc2n1. The Labute approximate surface area is 204 Å². The third-order valence-corrected chi connectivity index (χ3v) is 6.46. The number of alkyl halides is 6. The van der Waals surface area contributed by atoms with Crippen molar-refractivity contribution in [2.75, 3.05) is 11.1 Å². The normalized spacial score (nSPS) is 12.5. The van der Waals surface area contributed by atoms with Crippen LogP contribution in [0.4, 0.5) is 37.8 Å². The van der Waals surface area contributed by atoms with Gasteiger partial charge in [-0.3, -0.25) is 0 Å². The minimum Gasteiger partial charge on any atom is -0.406 e. The van der Waals surface area contributed by atoms with Crippen molar-refractivity contribution in [2.24, 2.45) is 0 Å². The van der Waals surface area contributed by atoms with Crippen LogP contribution < -0.4 is 14.8 Å². The zero-order valence-corrected chi connectivity index (χ0v) is 19.3. The summed E-state index contributed by atoms with van der Waals surface area (Å²) < 4.78 is 109. The second kappa shape index (κ2) is 9.42. The van der Waals surface area contributed by atoms with E-state index in [9.17, 15) is 34.8 Å². The Bertz CT molecular complexity index is 1540. The van der Waals surface area contributed by atoms with Crippen molar-refractivity contribution in [1.82, 2.24) is 19.6 Å². The van der Waals surface area contributed by atoms with Gasteiger partial charge in [-0.15, -0.1) is 31.4 Å². The monoisotopic (exact) mass is 547 g/mol. The molecule has 0 unspecified atom stereocenters. The minimum absolute atomic E-state index is 0.00978. The van der Waals surface area contributed by atoms with Gasteiger partial charge < -0.3 is 14.8 Å². The lowest BCUT2D eigenvalue weighted by molar-refractivity contribution is -0.276. The van der Waals surface area contributed by atoms with Gasteiger partial charge in [0.25, 0.3) is 0 Å². The molecule has 196 valence electrons. The maximum atomic E-state index is 12.7. The molecule has 0 aliphatic heterocycles. The van der Waals surface area contributed by atoms with Crippen LogP contribution in [0.1, 0.15) is 6.92 Å². The van der Waals surface area contributed by atoms with Gasteiger partial charge in [0.15, 0.2) is 15.5 Å². The number of hydrogen-bond acceptors (Lipinski definition) is 8.